The smallest absolute Gasteiger partial charge is 0.234 e. The molecule has 1 unspecified atom stereocenters. The number of thioether (sulfide) groups is 1. The minimum absolute atomic E-state index is 0.159. The Kier molecular flexibility index (Phi) is 8.35. The summed E-state index contributed by atoms with van der Waals surface area (Å²) in [6.45, 7) is 6.86. The van der Waals surface area contributed by atoms with Gasteiger partial charge in [-0.25, -0.2) is 4.39 Å². The van der Waals surface area contributed by atoms with E-state index in [0.29, 0.717) is 35.6 Å². The predicted octanol–water partition coefficient (Wildman–Crippen LogP) is 5.36. The van der Waals surface area contributed by atoms with Crippen LogP contribution in [0.25, 0.3) is 0 Å². The number of hydrogen-bond donors (Lipinski definition) is 1. The molecule has 1 aromatic heterocycles. The van der Waals surface area contributed by atoms with Gasteiger partial charge >= 0.3 is 0 Å². The van der Waals surface area contributed by atoms with Crippen LogP contribution in [0.1, 0.15) is 32.7 Å². The summed E-state index contributed by atoms with van der Waals surface area (Å²) in [5.41, 5.74) is 0.690. The molecule has 0 spiro atoms. The zero-order valence-electron chi connectivity index (χ0n) is 18.0. The second kappa shape index (κ2) is 11.2. The fraction of sp³-hybridized carbons (Fsp3) is 0.318. The van der Waals surface area contributed by atoms with Gasteiger partial charge in [0, 0.05) is 12.2 Å². The lowest BCUT2D eigenvalue weighted by atomic mass is 10.3. The van der Waals surface area contributed by atoms with Crippen molar-refractivity contribution in [1.29, 1.82) is 0 Å². The number of nitrogens with one attached hydrogen (secondary N) is 1. The molecule has 2 aromatic carbocycles. The van der Waals surface area contributed by atoms with Crippen LogP contribution in [-0.4, -0.2) is 33.0 Å². The monoisotopic (exact) mass is 478 g/mol. The number of benzene rings is 2. The highest BCUT2D eigenvalue weighted by Gasteiger charge is 2.20. The molecular weight excluding hydrogens is 455 g/mol. The zero-order chi connectivity index (χ0) is 23.1. The summed E-state index contributed by atoms with van der Waals surface area (Å²) in [7, 11) is 0. The van der Waals surface area contributed by atoms with Crippen LogP contribution >= 0.6 is 23.4 Å². The molecule has 0 aliphatic carbocycles. The molecule has 3 rings (SSSR count). The van der Waals surface area contributed by atoms with Crippen LogP contribution in [0, 0.1) is 5.82 Å². The Balaban J connectivity index is 1.60. The van der Waals surface area contributed by atoms with Crippen molar-refractivity contribution in [2.24, 2.45) is 0 Å². The minimum atomic E-state index is -0.475. The summed E-state index contributed by atoms with van der Waals surface area (Å²) in [6.07, 6.45) is -0.475. The summed E-state index contributed by atoms with van der Waals surface area (Å²) >= 11 is 7.33. The van der Waals surface area contributed by atoms with Crippen molar-refractivity contribution in [3.8, 4) is 11.5 Å². The number of carbonyl (C=O) groups is 1. The van der Waals surface area contributed by atoms with E-state index in [9.17, 15) is 9.18 Å². The van der Waals surface area contributed by atoms with E-state index in [1.54, 1.807) is 24.3 Å². The average Bonchev–Trinajstić information content (AvgIpc) is 3.19. The van der Waals surface area contributed by atoms with E-state index in [2.05, 4.69) is 15.5 Å². The van der Waals surface area contributed by atoms with Gasteiger partial charge in [-0.2, -0.15) is 0 Å². The maximum absolute atomic E-state index is 13.3. The molecule has 1 heterocycles. The zero-order valence-corrected chi connectivity index (χ0v) is 19.5. The number of ether oxygens (including phenoxy) is 2. The van der Waals surface area contributed by atoms with Gasteiger partial charge in [0.2, 0.25) is 5.91 Å². The molecule has 32 heavy (non-hydrogen) atoms. The molecule has 1 N–H and O–H groups in total. The number of anilines is 1. The molecule has 10 heteroatoms. The number of carbonyl (C=O) groups excluding carboxylic acids is 1. The first-order chi connectivity index (χ1) is 15.4. The van der Waals surface area contributed by atoms with Crippen molar-refractivity contribution in [2.75, 3.05) is 17.7 Å². The first-order valence-electron chi connectivity index (χ1n) is 10.1. The lowest BCUT2D eigenvalue weighted by molar-refractivity contribution is -0.113. The Labute approximate surface area is 195 Å². The number of rotatable bonds is 10. The van der Waals surface area contributed by atoms with E-state index in [1.165, 1.54) is 30.0 Å². The molecule has 7 nitrogen and oxygen atoms in total. The van der Waals surface area contributed by atoms with Crippen molar-refractivity contribution in [1.82, 2.24) is 14.8 Å². The fourth-order valence-electron chi connectivity index (χ4n) is 2.95. The van der Waals surface area contributed by atoms with Crippen LogP contribution in [0.15, 0.2) is 47.6 Å². The molecule has 0 aliphatic rings. The van der Waals surface area contributed by atoms with Crippen molar-refractivity contribution in [2.45, 2.75) is 38.6 Å². The predicted molar refractivity (Wildman–Crippen MR) is 123 cm³/mol. The largest absolute Gasteiger partial charge is 0.494 e. The topological polar surface area (TPSA) is 78.3 Å². The highest BCUT2D eigenvalue weighted by atomic mass is 35.5. The second-order valence-corrected chi connectivity index (χ2v) is 8.06. The molecule has 0 bridgehead atoms. The minimum Gasteiger partial charge on any atom is -0.494 e. The van der Waals surface area contributed by atoms with E-state index < -0.39 is 11.9 Å². The molecule has 0 fully saturated rings. The van der Waals surface area contributed by atoms with Gasteiger partial charge < -0.3 is 19.4 Å². The quantitative estimate of drug-likeness (QED) is 0.395. The van der Waals surface area contributed by atoms with Gasteiger partial charge in [0.1, 0.15) is 17.3 Å². The molecular formula is C22H24ClFN4O3S. The maximum Gasteiger partial charge on any atom is 0.234 e. The Bertz CT molecular complexity index is 1060. The number of hydrogen-bond acceptors (Lipinski definition) is 6. The summed E-state index contributed by atoms with van der Waals surface area (Å²) in [5.74, 6) is 1.27. The van der Waals surface area contributed by atoms with Gasteiger partial charge in [-0.05, 0) is 63.2 Å². The van der Waals surface area contributed by atoms with Crippen LogP contribution in [0.4, 0.5) is 10.1 Å². The van der Waals surface area contributed by atoms with Gasteiger partial charge in [0.25, 0.3) is 0 Å². The summed E-state index contributed by atoms with van der Waals surface area (Å²) in [6, 6.07) is 11.1. The highest BCUT2D eigenvalue weighted by molar-refractivity contribution is 7.99. The molecule has 0 aliphatic heterocycles. The van der Waals surface area contributed by atoms with Crippen LogP contribution in [0.5, 0.6) is 11.5 Å². The maximum atomic E-state index is 13.3. The molecule has 170 valence electrons. The summed E-state index contributed by atoms with van der Waals surface area (Å²) < 4.78 is 26.4. The van der Waals surface area contributed by atoms with Gasteiger partial charge in [0.15, 0.2) is 17.1 Å². The van der Waals surface area contributed by atoms with Crippen LogP contribution in [0.2, 0.25) is 5.02 Å². The lowest BCUT2D eigenvalue weighted by Gasteiger charge is -2.16. The SMILES string of the molecule is CCOc1ccc(NC(=O)CSc2nnc(C(C)Oc3ccc(F)cc3Cl)n2CC)cc1. The highest BCUT2D eigenvalue weighted by Crippen LogP contribution is 2.30. The van der Waals surface area contributed by atoms with Gasteiger partial charge in [0.05, 0.1) is 17.4 Å². The third kappa shape index (κ3) is 6.14. The first-order valence-corrected chi connectivity index (χ1v) is 11.5. The standard InChI is InChI=1S/C22H24ClFN4O3S/c1-4-28-21(14(3)31-19-11-6-15(24)12-18(19)23)26-27-22(28)32-13-20(29)25-16-7-9-17(10-8-16)30-5-2/h6-12,14H,4-5,13H2,1-3H3,(H,25,29). The van der Waals surface area contributed by atoms with E-state index in [4.69, 9.17) is 21.1 Å². The Hall–Kier alpha value is -2.78. The van der Waals surface area contributed by atoms with Crippen molar-refractivity contribution in [3.63, 3.8) is 0 Å². The van der Waals surface area contributed by atoms with Crippen molar-refractivity contribution in [3.05, 3.63) is 59.1 Å². The van der Waals surface area contributed by atoms with Gasteiger partial charge in [-0.3, -0.25) is 4.79 Å². The van der Waals surface area contributed by atoms with E-state index in [-0.39, 0.29) is 16.7 Å². The molecule has 0 saturated heterocycles. The van der Waals surface area contributed by atoms with Crippen LogP contribution in [0.3, 0.4) is 0 Å². The Morgan fingerprint density at radius 2 is 1.97 bits per heavy atom. The van der Waals surface area contributed by atoms with Crippen LogP contribution < -0.4 is 14.8 Å². The molecule has 0 saturated carbocycles. The van der Waals surface area contributed by atoms with E-state index >= 15 is 0 Å². The van der Waals surface area contributed by atoms with Crippen molar-refractivity contribution >= 4 is 35.0 Å². The number of nitrogens with zero attached hydrogens (tertiary/aromatic N) is 3. The lowest BCUT2D eigenvalue weighted by Crippen LogP contribution is -2.15. The number of amides is 1. The normalized spacial score (nSPS) is 11.8. The van der Waals surface area contributed by atoms with Gasteiger partial charge in [-0.15, -0.1) is 10.2 Å². The molecule has 1 amide bonds. The van der Waals surface area contributed by atoms with E-state index in [1.807, 2.05) is 25.3 Å². The fourth-order valence-corrected chi connectivity index (χ4v) is 3.97. The molecule has 0 radical (unpaired) electrons. The summed E-state index contributed by atoms with van der Waals surface area (Å²) in [4.78, 5) is 12.4. The number of halogens is 2. The van der Waals surface area contributed by atoms with Crippen molar-refractivity contribution < 1.29 is 18.7 Å². The van der Waals surface area contributed by atoms with E-state index in [0.717, 1.165) is 5.75 Å². The third-order valence-corrected chi connectivity index (χ3v) is 5.67. The Morgan fingerprint density at radius 3 is 2.62 bits per heavy atom. The van der Waals surface area contributed by atoms with Crippen LogP contribution in [-0.2, 0) is 11.3 Å². The number of aromatic nitrogens is 3. The van der Waals surface area contributed by atoms with Gasteiger partial charge in [-0.1, -0.05) is 23.4 Å². The average molecular weight is 479 g/mol. The molecule has 1 atom stereocenters. The second-order valence-electron chi connectivity index (χ2n) is 6.71. The Morgan fingerprint density at radius 1 is 1.22 bits per heavy atom. The molecule has 3 aromatic rings. The first kappa shape index (κ1) is 23.9. The third-order valence-electron chi connectivity index (χ3n) is 4.40. The summed E-state index contributed by atoms with van der Waals surface area (Å²) in [5, 5.41) is 12.1.